The van der Waals surface area contributed by atoms with E-state index in [2.05, 4.69) is 45.7 Å². The maximum Gasteiger partial charge on any atom is 0.0738 e. The predicted molar refractivity (Wildman–Crippen MR) is 81.4 cm³/mol. The van der Waals surface area contributed by atoms with Gasteiger partial charge < -0.3 is 14.0 Å². The van der Waals surface area contributed by atoms with E-state index in [0.29, 0.717) is 6.61 Å². The molecule has 0 amide bonds. The first-order valence-corrected chi connectivity index (χ1v) is 7.53. The lowest BCUT2D eigenvalue weighted by atomic mass is 10.2. The van der Waals surface area contributed by atoms with Crippen molar-refractivity contribution in [3.05, 3.63) is 42.0 Å². The highest BCUT2D eigenvalue weighted by Crippen LogP contribution is 2.24. The summed E-state index contributed by atoms with van der Waals surface area (Å²) in [6.07, 6.45) is 2.70. The molecule has 1 aliphatic heterocycles. The first-order valence-electron chi connectivity index (χ1n) is 7.53. The van der Waals surface area contributed by atoms with Gasteiger partial charge in [-0.05, 0) is 56.3 Å². The molecule has 3 aromatic heterocycles. The normalized spacial score (nSPS) is 16.8. The maximum absolute atomic E-state index is 5.89. The lowest BCUT2D eigenvalue weighted by Gasteiger charge is -2.14. The number of nitrogens with zero attached hydrogens (tertiary/aromatic N) is 2. The molecule has 0 N–H and O–H groups in total. The summed E-state index contributed by atoms with van der Waals surface area (Å²) < 4.78 is 8.19. The van der Waals surface area contributed by atoms with E-state index in [-0.39, 0.29) is 0 Å². The minimum absolute atomic E-state index is 0.717. The highest BCUT2D eigenvalue weighted by atomic mass is 16.5. The topological polar surface area (TPSA) is 16.9 Å². The third-order valence-corrected chi connectivity index (χ3v) is 4.36. The molecule has 20 heavy (non-hydrogen) atoms. The molecule has 3 nitrogen and oxygen atoms in total. The molecule has 0 unspecified atom stereocenters. The third kappa shape index (κ3) is 2.07. The molecule has 0 aliphatic carbocycles. The van der Waals surface area contributed by atoms with Crippen molar-refractivity contribution in [2.45, 2.75) is 19.4 Å². The fourth-order valence-electron chi connectivity index (χ4n) is 3.30. The van der Waals surface area contributed by atoms with Gasteiger partial charge in [-0.25, -0.2) is 0 Å². The first-order chi connectivity index (χ1) is 9.92. The van der Waals surface area contributed by atoms with Gasteiger partial charge in [0.2, 0.25) is 0 Å². The van der Waals surface area contributed by atoms with Gasteiger partial charge in [0.05, 0.1) is 18.7 Å². The van der Waals surface area contributed by atoms with Gasteiger partial charge in [-0.1, -0.05) is 6.07 Å². The minimum Gasteiger partial charge on any atom is -0.375 e. The molecule has 0 atom stereocenters. The Morgan fingerprint density at radius 2 is 1.85 bits per heavy atom. The van der Waals surface area contributed by atoms with Crippen molar-refractivity contribution < 1.29 is 4.74 Å². The Kier molecular flexibility index (Phi) is 3.09. The van der Waals surface area contributed by atoms with Gasteiger partial charge in [0, 0.05) is 23.1 Å². The highest BCUT2D eigenvalue weighted by molar-refractivity contribution is 5.77. The molecule has 1 saturated heterocycles. The largest absolute Gasteiger partial charge is 0.375 e. The number of ether oxygens (including phenoxy) is 1. The van der Waals surface area contributed by atoms with E-state index in [9.17, 15) is 0 Å². The number of likely N-dealkylation sites (tertiary alicyclic amines) is 1. The van der Waals surface area contributed by atoms with E-state index >= 15 is 0 Å². The van der Waals surface area contributed by atoms with Crippen molar-refractivity contribution in [2.75, 3.05) is 26.2 Å². The van der Waals surface area contributed by atoms with Crippen molar-refractivity contribution in [3.63, 3.8) is 0 Å². The summed E-state index contributed by atoms with van der Waals surface area (Å²) in [7, 11) is 0. The second-order valence-corrected chi connectivity index (χ2v) is 5.70. The maximum atomic E-state index is 5.89. The van der Waals surface area contributed by atoms with Crippen LogP contribution in [0.25, 0.3) is 16.6 Å². The van der Waals surface area contributed by atoms with Crippen molar-refractivity contribution in [1.82, 2.24) is 9.30 Å². The summed E-state index contributed by atoms with van der Waals surface area (Å²) in [4.78, 5) is 2.49. The molecule has 0 spiro atoms. The fourth-order valence-corrected chi connectivity index (χ4v) is 3.30. The van der Waals surface area contributed by atoms with Crippen molar-refractivity contribution in [2.24, 2.45) is 0 Å². The summed E-state index contributed by atoms with van der Waals surface area (Å²) in [5.41, 5.74) is 5.12. The Morgan fingerprint density at radius 1 is 1.00 bits per heavy atom. The smallest absolute Gasteiger partial charge is 0.0738 e. The SMILES string of the molecule is c1cc2ccc3cc(COCCN4CCCC4)c(c1)n23. The van der Waals surface area contributed by atoms with E-state index in [1.807, 2.05) is 0 Å². The van der Waals surface area contributed by atoms with E-state index < -0.39 is 0 Å². The van der Waals surface area contributed by atoms with Crippen LogP contribution in [-0.2, 0) is 11.3 Å². The highest BCUT2D eigenvalue weighted by Gasteiger charge is 2.12. The van der Waals surface area contributed by atoms with Crippen LogP contribution in [0.15, 0.2) is 36.4 Å². The van der Waals surface area contributed by atoms with E-state index in [1.54, 1.807) is 0 Å². The Bertz CT molecular complexity index is 692. The lowest BCUT2D eigenvalue weighted by Crippen LogP contribution is -2.23. The van der Waals surface area contributed by atoms with Gasteiger partial charge >= 0.3 is 0 Å². The van der Waals surface area contributed by atoms with E-state index in [4.69, 9.17) is 4.74 Å². The van der Waals surface area contributed by atoms with Crippen molar-refractivity contribution in [1.29, 1.82) is 0 Å². The van der Waals surface area contributed by atoms with Gasteiger partial charge in [0.15, 0.2) is 0 Å². The fraction of sp³-hybridized carbons (Fsp3) is 0.412. The van der Waals surface area contributed by atoms with Crippen LogP contribution in [0.2, 0.25) is 0 Å². The number of aromatic nitrogens is 1. The summed E-state index contributed by atoms with van der Waals surface area (Å²) in [6, 6.07) is 13.0. The molecule has 0 radical (unpaired) electrons. The molecular formula is C17H20N2O. The molecule has 0 bridgehead atoms. The zero-order valence-corrected chi connectivity index (χ0v) is 11.7. The predicted octanol–water partition coefficient (Wildman–Crippen LogP) is 3.14. The summed E-state index contributed by atoms with van der Waals surface area (Å²) in [5, 5.41) is 0. The minimum atomic E-state index is 0.717. The Balaban J connectivity index is 1.43. The van der Waals surface area contributed by atoms with Crippen LogP contribution in [-0.4, -0.2) is 35.5 Å². The molecule has 0 saturated carbocycles. The molecule has 0 aromatic carbocycles. The van der Waals surface area contributed by atoms with Gasteiger partial charge in [-0.3, -0.25) is 0 Å². The zero-order chi connectivity index (χ0) is 13.4. The van der Waals surface area contributed by atoms with E-state index in [0.717, 1.165) is 13.2 Å². The van der Waals surface area contributed by atoms with Gasteiger partial charge in [0.25, 0.3) is 0 Å². The molecule has 4 heterocycles. The standard InChI is InChI=1S/C17H20N2O/c1-2-9-18(8-1)10-11-20-13-14-12-16-7-6-15-4-3-5-17(14)19(15)16/h3-7,12H,1-2,8-11,13H2. The van der Waals surface area contributed by atoms with Crippen molar-refractivity contribution >= 4 is 16.6 Å². The second kappa shape index (κ2) is 5.08. The van der Waals surface area contributed by atoms with Crippen LogP contribution in [0.3, 0.4) is 0 Å². The van der Waals surface area contributed by atoms with Crippen LogP contribution < -0.4 is 0 Å². The third-order valence-electron chi connectivity index (χ3n) is 4.36. The zero-order valence-electron chi connectivity index (χ0n) is 11.7. The van der Waals surface area contributed by atoms with Crippen LogP contribution >= 0.6 is 0 Å². The van der Waals surface area contributed by atoms with Crippen LogP contribution in [0.1, 0.15) is 18.4 Å². The van der Waals surface area contributed by atoms with E-state index in [1.165, 1.54) is 48.0 Å². The van der Waals surface area contributed by atoms with Gasteiger partial charge in [-0.2, -0.15) is 0 Å². The lowest BCUT2D eigenvalue weighted by molar-refractivity contribution is 0.1000. The van der Waals surface area contributed by atoms with Gasteiger partial charge in [0.1, 0.15) is 0 Å². The first kappa shape index (κ1) is 12.2. The number of pyridine rings is 1. The summed E-state index contributed by atoms with van der Waals surface area (Å²) >= 11 is 0. The van der Waals surface area contributed by atoms with Crippen LogP contribution in [0.4, 0.5) is 0 Å². The monoisotopic (exact) mass is 268 g/mol. The van der Waals surface area contributed by atoms with Gasteiger partial charge in [-0.15, -0.1) is 0 Å². The number of hydrogen-bond acceptors (Lipinski definition) is 2. The van der Waals surface area contributed by atoms with Crippen LogP contribution in [0, 0.1) is 0 Å². The molecule has 1 fully saturated rings. The average molecular weight is 268 g/mol. The quantitative estimate of drug-likeness (QED) is 0.661. The molecular weight excluding hydrogens is 248 g/mol. The molecule has 1 aliphatic rings. The molecule has 104 valence electrons. The summed E-state index contributed by atoms with van der Waals surface area (Å²) in [6.45, 7) is 5.12. The number of rotatable bonds is 5. The molecule has 3 aromatic rings. The Morgan fingerprint density at radius 3 is 2.75 bits per heavy atom. The number of hydrogen-bond donors (Lipinski definition) is 0. The molecule has 4 rings (SSSR count). The Labute approximate surface area is 119 Å². The van der Waals surface area contributed by atoms with Crippen molar-refractivity contribution in [3.8, 4) is 0 Å². The molecule has 3 heteroatoms. The Hall–Kier alpha value is -1.58. The van der Waals surface area contributed by atoms with Crippen LogP contribution in [0.5, 0.6) is 0 Å². The summed E-state index contributed by atoms with van der Waals surface area (Å²) in [5.74, 6) is 0. The average Bonchev–Trinajstić information content (AvgIpc) is 3.18. The second-order valence-electron chi connectivity index (χ2n) is 5.70.